The molecule has 0 aromatic carbocycles. The van der Waals surface area contributed by atoms with Crippen LogP contribution in [0, 0.1) is 57.0 Å². The lowest BCUT2D eigenvalue weighted by molar-refractivity contribution is -0.584. The van der Waals surface area contributed by atoms with Gasteiger partial charge in [0.1, 0.15) is 35.7 Å². The molecule has 0 unspecified atom stereocenters. The molecule has 1 saturated carbocycles. The number of carbonyl (C=O) groups is 3. The molecule has 23 nitrogen and oxygen atoms in total. The fourth-order valence-corrected chi connectivity index (χ4v) is 15.8. The first-order valence-electron chi connectivity index (χ1n) is 30.0. The Morgan fingerprint density at radius 2 is 1.38 bits per heavy atom. The van der Waals surface area contributed by atoms with Gasteiger partial charge >= 0.3 is 12.1 Å². The van der Waals surface area contributed by atoms with Crippen LogP contribution >= 0.6 is 0 Å². The van der Waals surface area contributed by atoms with E-state index in [2.05, 4.69) is 25.2 Å². The minimum atomic E-state index is -1.82. The van der Waals surface area contributed by atoms with E-state index in [-0.39, 0.29) is 57.0 Å². The number of Topliss-reactive ketones (excluding diaryl/α,β-unsaturated/α-hetero) is 1. The Hall–Kier alpha value is -4.21. The lowest BCUT2D eigenvalue weighted by Crippen LogP contribution is -2.65. The molecule has 0 aromatic rings. The van der Waals surface area contributed by atoms with Crippen molar-refractivity contribution in [3.63, 3.8) is 0 Å². The summed E-state index contributed by atoms with van der Waals surface area (Å²) in [5.74, 6) is -5.10. The van der Waals surface area contributed by atoms with E-state index in [9.17, 15) is 45.2 Å². The summed E-state index contributed by atoms with van der Waals surface area (Å²) in [6.45, 7) is 19.6. The van der Waals surface area contributed by atoms with Gasteiger partial charge in [0, 0.05) is 67.8 Å². The van der Waals surface area contributed by atoms with Gasteiger partial charge in [-0.05, 0) is 89.2 Å². The Labute approximate surface area is 491 Å². The number of ketones is 1. The van der Waals surface area contributed by atoms with Crippen molar-refractivity contribution < 1.29 is 96.9 Å². The highest BCUT2D eigenvalue weighted by molar-refractivity contribution is 6.26. The molecule has 27 atom stereocenters. The summed E-state index contributed by atoms with van der Waals surface area (Å²) < 4.78 is 68.0. The number of rotatable bonds is 12. The van der Waals surface area contributed by atoms with Crippen molar-refractivity contribution in [1.29, 1.82) is 0 Å². The molecule has 6 fully saturated rings. The Morgan fingerprint density at radius 3 is 2.01 bits per heavy atom. The lowest BCUT2D eigenvalue weighted by atomic mass is 9.49. The molecule has 23 heteroatoms. The van der Waals surface area contributed by atoms with Gasteiger partial charge in [-0.3, -0.25) is 14.9 Å². The smallest absolute Gasteiger partial charge is 0.407 e. The van der Waals surface area contributed by atoms with Crippen LogP contribution in [-0.2, 0) is 61.7 Å². The number of ether oxygens (including phenoxy) is 11. The van der Waals surface area contributed by atoms with Crippen molar-refractivity contribution in [1.82, 2.24) is 5.32 Å². The minimum Gasteiger partial charge on any atom is -0.511 e. The van der Waals surface area contributed by atoms with Crippen LogP contribution in [0.1, 0.15) is 121 Å². The van der Waals surface area contributed by atoms with E-state index in [4.69, 9.17) is 52.1 Å². The van der Waals surface area contributed by atoms with Gasteiger partial charge in [-0.25, -0.2) is 9.59 Å². The molecule has 1 amide bonds. The summed E-state index contributed by atoms with van der Waals surface area (Å²) in [7, 11) is 2.67. The number of nitrogens with zero attached hydrogens (tertiary/aromatic N) is 1. The maximum atomic E-state index is 15.6. The number of fused-ring (bicyclic) bond motifs is 4. The fourth-order valence-electron chi connectivity index (χ4n) is 15.8. The molecule has 2 bridgehead atoms. The maximum Gasteiger partial charge on any atom is 0.407 e. The number of carbonyl (C=O) groups excluding carboxylic acids is 3. The number of nitro groups is 1. The van der Waals surface area contributed by atoms with Crippen LogP contribution in [0.5, 0.6) is 0 Å². The second-order valence-electron chi connectivity index (χ2n) is 25.9. The molecular weight excluding hydrogens is 1100 g/mol. The molecule has 1 spiro atoms. The van der Waals surface area contributed by atoms with Crippen LogP contribution in [0.15, 0.2) is 58.4 Å². The molecule has 5 aliphatic heterocycles. The molecule has 84 heavy (non-hydrogen) atoms. The molecule has 6 N–H and O–H groups in total. The van der Waals surface area contributed by atoms with Crippen LogP contribution in [0.3, 0.4) is 0 Å². The molecular formula is C61H90N2O21. The molecule has 0 aromatic heterocycles. The van der Waals surface area contributed by atoms with Gasteiger partial charge < -0.3 is 83.0 Å². The number of alkyl carbamates (subject to hydrolysis) is 1. The third-order valence-electron chi connectivity index (χ3n) is 20.3. The summed E-state index contributed by atoms with van der Waals surface area (Å²) >= 11 is 0. The van der Waals surface area contributed by atoms with Crippen LogP contribution < -0.4 is 5.32 Å². The number of allylic oxidation sites excluding steroid dienone is 3. The van der Waals surface area contributed by atoms with E-state index >= 15 is 4.79 Å². The van der Waals surface area contributed by atoms with Crippen molar-refractivity contribution in [2.75, 3.05) is 20.8 Å². The standard InChI is InChI=1S/C61H90N2O21/c1-27-14-17-42(80-47-25-59(10,63(72)73)54(35(9)79-47)62-58(71)75-13)28(2)19-37-20-36(26-64)31(5)24-61(37)56(69)48(57(70)84-61)55(68)60(11)39(27)16-15-38-49(60)29(3)18-30(4)51(38)82-46-23-43(50(67)32(6)76-46)81-44-22-41(66)53(34(8)78-44)83-45-21-40(65)52(74-12)33(7)77-45/h14-16,19-20,29-35,37-47,49-54,64-68H,17-18,21-26H2,1-13H3,(H,62,71)/b27-14+,28-19+,55-48?/t29-,30+,31+,32-,33-,34-,35+,37+,38-,39-,40+,41+,42-,43+,44-,45+,46-,47-,49+,50-,51-,52-,53-,54-,59-,60+,61-/m0/s1. The highest BCUT2D eigenvalue weighted by Crippen LogP contribution is 2.61. The van der Waals surface area contributed by atoms with Crippen molar-refractivity contribution in [3.8, 4) is 0 Å². The number of methoxy groups -OCH3 is 2. The molecule has 0 radical (unpaired) electrons. The summed E-state index contributed by atoms with van der Waals surface area (Å²) in [4.78, 5) is 55.1. The molecule has 4 aliphatic carbocycles. The quantitative estimate of drug-likeness (QED) is 0.0457. The van der Waals surface area contributed by atoms with Gasteiger partial charge in [-0.2, -0.15) is 0 Å². The molecule has 470 valence electrons. The first kappa shape index (κ1) is 64.3. The molecule has 5 heterocycles. The molecule has 9 rings (SSSR count). The van der Waals surface area contributed by atoms with Crippen LogP contribution in [-0.4, -0.2) is 185 Å². The predicted octanol–water partition coefficient (Wildman–Crippen LogP) is 5.57. The maximum absolute atomic E-state index is 15.6. The highest BCUT2D eigenvalue weighted by atomic mass is 16.7. The fraction of sp³-hybridized carbons (Fsp3) is 0.787. The third-order valence-corrected chi connectivity index (χ3v) is 20.3. The molecule has 9 aliphatic rings. The Bertz CT molecular complexity index is 2600. The minimum absolute atomic E-state index is 0.00457. The summed E-state index contributed by atoms with van der Waals surface area (Å²) in [6, 6.07) is -1.08. The number of hydrogen-bond donors (Lipinski definition) is 6. The number of esters is 1. The van der Waals surface area contributed by atoms with Crippen LogP contribution in [0.25, 0.3) is 0 Å². The van der Waals surface area contributed by atoms with Crippen LogP contribution in [0.4, 0.5) is 4.79 Å². The Kier molecular flexibility index (Phi) is 19.2. The summed E-state index contributed by atoms with van der Waals surface area (Å²) in [6.07, 6.45) is -3.57. The van der Waals surface area contributed by atoms with Gasteiger partial charge in [-0.15, -0.1) is 0 Å². The second-order valence-corrected chi connectivity index (χ2v) is 25.9. The normalized spacial score (nSPS) is 48.5. The Balaban J connectivity index is 1.01. The van der Waals surface area contributed by atoms with Crippen LogP contribution in [0.2, 0.25) is 0 Å². The first-order chi connectivity index (χ1) is 39.6. The predicted molar refractivity (Wildman–Crippen MR) is 298 cm³/mol. The Morgan fingerprint density at radius 1 is 0.762 bits per heavy atom. The number of amides is 1. The zero-order chi connectivity index (χ0) is 61.2. The second kappa shape index (κ2) is 25.1. The first-order valence-corrected chi connectivity index (χ1v) is 30.0. The van der Waals surface area contributed by atoms with E-state index in [0.29, 0.717) is 17.6 Å². The van der Waals surface area contributed by atoms with Gasteiger partial charge in [-0.1, -0.05) is 63.6 Å². The van der Waals surface area contributed by atoms with Crippen molar-refractivity contribution in [3.05, 3.63) is 68.5 Å². The topological polar surface area (TPSA) is 309 Å². The molecule has 5 saturated heterocycles. The van der Waals surface area contributed by atoms with Gasteiger partial charge in [0.05, 0.1) is 75.1 Å². The lowest BCUT2D eigenvalue weighted by Gasteiger charge is -2.56. The number of aliphatic hydroxyl groups is 5. The zero-order valence-corrected chi connectivity index (χ0v) is 50.6. The van der Waals surface area contributed by atoms with Gasteiger partial charge in [0.25, 0.3) is 0 Å². The van der Waals surface area contributed by atoms with Crippen molar-refractivity contribution >= 4 is 17.8 Å². The van der Waals surface area contributed by atoms with E-state index in [0.717, 1.165) is 5.57 Å². The third kappa shape index (κ3) is 11.8. The van der Waals surface area contributed by atoms with E-state index in [1.807, 2.05) is 32.9 Å². The van der Waals surface area contributed by atoms with Crippen molar-refractivity contribution in [2.45, 2.75) is 237 Å². The monoisotopic (exact) mass is 1190 g/mol. The number of aliphatic hydroxyl groups excluding tert-OH is 5. The number of hydrogen-bond acceptors (Lipinski definition) is 21. The van der Waals surface area contributed by atoms with E-state index in [1.165, 1.54) is 21.1 Å². The van der Waals surface area contributed by atoms with Crippen molar-refractivity contribution in [2.24, 2.45) is 46.8 Å². The largest absolute Gasteiger partial charge is 0.511 e. The average Bonchev–Trinajstić information content (AvgIpc) is 2.80. The SMILES string of the molecule is COC(=O)N[C@H]1[C@@H](C)O[C@@H](O[C@H]2C/C=C(\C)[C@@H]3C=C[C@@H]4[C@@H](O[C@H]5C[C@@H](O[C@H]6C[C@@H](O)[C@@H](O[C@@H]7C[C@@H](O)[C@@H](OC)[C@H](C)O7)[C@H](C)O6)[C@@H](O)[C@H](C)O5)[C@H](C)C[C@H](C)[C@H]4[C@]3(C)C(O)=C3C(=O)O[C@]4(C[C@@H](C)C(CO)=C[C@H]4/C=C/2C)C3=O)C[C@]1(C)[N+](=O)[O-]. The number of nitrogens with one attached hydrogen (secondary N) is 1. The van der Waals surface area contributed by atoms with Gasteiger partial charge in [0.15, 0.2) is 30.8 Å². The average molecular weight is 1190 g/mol. The highest BCUT2D eigenvalue weighted by Gasteiger charge is 2.64. The van der Waals surface area contributed by atoms with Gasteiger partial charge in [0.2, 0.25) is 11.3 Å². The summed E-state index contributed by atoms with van der Waals surface area (Å²) in [5.41, 5.74) is -3.37. The summed E-state index contributed by atoms with van der Waals surface area (Å²) in [5, 5.41) is 72.9. The van der Waals surface area contributed by atoms with E-state index in [1.54, 1.807) is 46.8 Å². The zero-order valence-electron chi connectivity index (χ0n) is 50.6. The van der Waals surface area contributed by atoms with E-state index < -0.39 is 185 Å².